The first-order chi connectivity index (χ1) is 4.42. The molecule has 0 heterocycles. The zero-order valence-electron chi connectivity index (χ0n) is 5.51. The number of nitriles is 1. The third kappa shape index (κ3) is 0.738. The molecule has 0 saturated heterocycles. The van der Waals surface area contributed by atoms with Crippen LogP contribution in [0.1, 0.15) is 25.7 Å². The molecule has 3 atom stereocenters. The van der Waals surface area contributed by atoms with Gasteiger partial charge in [0.1, 0.15) is 0 Å². The maximum absolute atomic E-state index is 8.64. The minimum absolute atomic E-state index is 0.434. The highest BCUT2D eigenvalue weighted by Crippen LogP contribution is 2.52. The van der Waals surface area contributed by atoms with Crippen LogP contribution >= 0.6 is 0 Å². The molecule has 3 unspecified atom stereocenters. The summed E-state index contributed by atoms with van der Waals surface area (Å²) in [5.41, 5.74) is 0. The van der Waals surface area contributed by atoms with Gasteiger partial charge in [0.15, 0.2) is 0 Å². The van der Waals surface area contributed by atoms with Gasteiger partial charge in [0.05, 0.1) is 6.07 Å². The Labute approximate surface area is 55.7 Å². The molecule has 2 rings (SSSR count). The van der Waals surface area contributed by atoms with E-state index in [1.54, 1.807) is 0 Å². The van der Waals surface area contributed by atoms with Crippen molar-refractivity contribution >= 4 is 0 Å². The highest BCUT2D eigenvalue weighted by molar-refractivity contribution is 5.02. The van der Waals surface area contributed by atoms with Gasteiger partial charge in [0.2, 0.25) is 0 Å². The number of rotatable bonds is 0. The lowest BCUT2D eigenvalue weighted by molar-refractivity contribution is 0.403. The monoisotopic (exact) mass is 121 g/mol. The van der Waals surface area contributed by atoms with Gasteiger partial charge in [-0.3, -0.25) is 0 Å². The van der Waals surface area contributed by atoms with Crippen LogP contribution < -0.4 is 0 Å². The van der Waals surface area contributed by atoms with Crippen LogP contribution in [0.2, 0.25) is 0 Å². The molecule has 2 aliphatic carbocycles. The van der Waals surface area contributed by atoms with Crippen LogP contribution in [-0.2, 0) is 0 Å². The SMILES string of the molecule is N#CC1CCCC2CC12. The molecule has 0 amide bonds. The Morgan fingerprint density at radius 2 is 2.22 bits per heavy atom. The van der Waals surface area contributed by atoms with E-state index >= 15 is 0 Å². The molecule has 1 nitrogen and oxygen atoms in total. The average molecular weight is 121 g/mol. The summed E-state index contributed by atoms with van der Waals surface area (Å²) in [7, 11) is 0. The summed E-state index contributed by atoms with van der Waals surface area (Å²) in [5, 5.41) is 8.64. The fourth-order valence-corrected chi connectivity index (χ4v) is 2.07. The van der Waals surface area contributed by atoms with E-state index in [0.717, 1.165) is 11.8 Å². The van der Waals surface area contributed by atoms with Crippen molar-refractivity contribution in [1.82, 2.24) is 0 Å². The number of hydrogen-bond acceptors (Lipinski definition) is 1. The minimum atomic E-state index is 0.434. The van der Waals surface area contributed by atoms with Gasteiger partial charge in [-0.25, -0.2) is 0 Å². The first kappa shape index (κ1) is 5.29. The summed E-state index contributed by atoms with van der Waals surface area (Å²) in [4.78, 5) is 0. The summed E-state index contributed by atoms with van der Waals surface area (Å²) in [5.74, 6) is 2.22. The summed E-state index contributed by atoms with van der Waals surface area (Å²) >= 11 is 0. The summed E-state index contributed by atoms with van der Waals surface area (Å²) < 4.78 is 0. The first-order valence-corrected chi connectivity index (χ1v) is 3.81. The first-order valence-electron chi connectivity index (χ1n) is 3.81. The van der Waals surface area contributed by atoms with Crippen molar-refractivity contribution < 1.29 is 0 Å². The van der Waals surface area contributed by atoms with Crippen LogP contribution in [0.4, 0.5) is 0 Å². The van der Waals surface area contributed by atoms with Gasteiger partial charge in [0.25, 0.3) is 0 Å². The molecular formula is C8H11N. The lowest BCUT2D eigenvalue weighted by Crippen LogP contribution is -2.06. The smallest absolute Gasteiger partial charge is 0.0658 e. The van der Waals surface area contributed by atoms with Crippen LogP contribution in [0, 0.1) is 29.1 Å². The molecule has 0 radical (unpaired) electrons. The lowest BCUT2D eigenvalue weighted by atomic mass is 9.90. The third-order valence-corrected chi connectivity index (χ3v) is 2.75. The molecule has 0 bridgehead atoms. The van der Waals surface area contributed by atoms with Crippen molar-refractivity contribution in [2.75, 3.05) is 0 Å². The van der Waals surface area contributed by atoms with Crippen molar-refractivity contribution in [3.05, 3.63) is 0 Å². The standard InChI is InChI=1S/C8H11N/c9-5-7-3-1-2-6-4-8(6)7/h6-8H,1-4H2. The lowest BCUT2D eigenvalue weighted by Gasteiger charge is -2.12. The Balaban J connectivity index is 2.02. The van der Waals surface area contributed by atoms with Gasteiger partial charge in [0, 0.05) is 5.92 Å². The van der Waals surface area contributed by atoms with Crippen LogP contribution in [0.25, 0.3) is 0 Å². The van der Waals surface area contributed by atoms with E-state index in [2.05, 4.69) is 6.07 Å². The van der Waals surface area contributed by atoms with Crippen molar-refractivity contribution in [2.45, 2.75) is 25.7 Å². The Morgan fingerprint density at radius 1 is 1.33 bits per heavy atom. The van der Waals surface area contributed by atoms with E-state index in [1.165, 1.54) is 25.7 Å². The molecule has 2 fully saturated rings. The average Bonchev–Trinajstić information content (AvgIpc) is 2.64. The molecule has 2 saturated carbocycles. The molecule has 9 heavy (non-hydrogen) atoms. The fraction of sp³-hybridized carbons (Fsp3) is 0.875. The molecule has 0 aromatic carbocycles. The van der Waals surface area contributed by atoms with E-state index < -0.39 is 0 Å². The number of hydrogen-bond donors (Lipinski definition) is 0. The summed E-state index contributed by atoms with van der Waals surface area (Å²) in [6, 6.07) is 2.40. The molecule has 0 spiro atoms. The van der Waals surface area contributed by atoms with Crippen molar-refractivity contribution in [3.8, 4) is 6.07 Å². The number of nitrogens with zero attached hydrogens (tertiary/aromatic N) is 1. The van der Waals surface area contributed by atoms with Gasteiger partial charge in [-0.2, -0.15) is 5.26 Å². The molecule has 0 aliphatic heterocycles. The van der Waals surface area contributed by atoms with Gasteiger partial charge < -0.3 is 0 Å². The van der Waals surface area contributed by atoms with Gasteiger partial charge in [-0.15, -0.1) is 0 Å². The number of fused-ring (bicyclic) bond motifs is 1. The topological polar surface area (TPSA) is 23.8 Å². The maximum Gasteiger partial charge on any atom is 0.0658 e. The van der Waals surface area contributed by atoms with E-state index in [4.69, 9.17) is 5.26 Å². The molecule has 0 N–H and O–H groups in total. The molecule has 1 heteroatoms. The van der Waals surface area contributed by atoms with Crippen molar-refractivity contribution in [3.63, 3.8) is 0 Å². The summed E-state index contributed by atoms with van der Waals surface area (Å²) in [6.45, 7) is 0. The fourth-order valence-electron chi connectivity index (χ4n) is 2.07. The van der Waals surface area contributed by atoms with Crippen LogP contribution in [0.15, 0.2) is 0 Å². The van der Waals surface area contributed by atoms with E-state index in [1.807, 2.05) is 0 Å². The Morgan fingerprint density at radius 3 is 2.89 bits per heavy atom. The highest BCUT2D eigenvalue weighted by Gasteiger charge is 2.45. The van der Waals surface area contributed by atoms with Crippen LogP contribution in [-0.4, -0.2) is 0 Å². The predicted molar refractivity (Wildman–Crippen MR) is 34.6 cm³/mol. The second kappa shape index (κ2) is 1.73. The Bertz CT molecular complexity index is 156. The molecular weight excluding hydrogens is 110 g/mol. The van der Waals surface area contributed by atoms with Gasteiger partial charge in [-0.1, -0.05) is 12.8 Å². The predicted octanol–water partition coefficient (Wildman–Crippen LogP) is 1.95. The van der Waals surface area contributed by atoms with Gasteiger partial charge in [-0.05, 0) is 24.7 Å². The highest BCUT2D eigenvalue weighted by atomic mass is 14.5. The summed E-state index contributed by atoms with van der Waals surface area (Å²) in [6.07, 6.45) is 5.25. The Kier molecular flexibility index (Phi) is 1.02. The second-order valence-electron chi connectivity index (χ2n) is 3.33. The maximum atomic E-state index is 8.64. The Hall–Kier alpha value is -0.510. The molecule has 0 aromatic heterocycles. The minimum Gasteiger partial charge on any atom is -0.198 e. The van der Waals surface area contributed by atoms with Gasteiger partial charge >= 0.3 is 0 Å². The largest absolute Gasteiger partial charge is 0.198 e. The third-order valence-electron chi connectivity index (χ3n) is 2.75. The van der Waals surface area contributed by atoms with Crippen LogP contribution in [0.3, 0.4) is 0 Å². The molecule has 0 aromatic rings. The van der Waals surface area contributed by atoms with Crippen LogP contribution in [0.5, 0.6) is 0 Å². The van der Waals surface area contributed by atoms with Crippen molar-refractivity contribution in [1.29, 1.82) is 5.26 Å². The quantitative estimate of drug-likeness (QED) is 0.480. The van der Waals surface area contributed by atoms with Crippen molar-refractivity contribution in [2.24, 2.45) is 17.8 Å². The van der Waals surface area contributed by atoms with E-state index in [-0.39, 0.29) is 0 Å². The molecule has 48 valence electrons. The van der Waals surface area contributed by atoms with E-state index in [0.29, 0.717) is 5.92 Å². The normalized spacial score (nSPS) is 47.2. The van der Waals surface area contributed by atoms with E-state index in [9.17, 15) is 0 Å². The second-order valence-corrected chi connectivity index (χ2v) is 3.33. The zero-order chi connectivity index (χ0) is 6.27. The zero-order valence-corrected chi connectivity index (χ0v) is 5.51. The molecule has 2 aliphatic rings.